The van der Waals surface area contributed by atoms with E-state index in [4.69, 9.17) is 10.5 Å². The summed E-state index contributed by atoms with van der Waals surface area (Å²) in [4.78, 5) is 24.6. The number of carbonyl (C=O) groups excluding carboxylic acids is 1. The number of benzene rings is 1. The molecule has 3 unspecified atom stereocenters. The Kier molecular flexibility index (Phi) is 4.76. The molecule has 1 aliphatic carbocycles. The average Bonchev–Trinajstić information content (AvgIpc) is 3.49. The van der Waals surface area contributed by atoms with E-state index in [1.165, 1.54) is 28.3 Å². The van der Waals surface area contributed by atoms with Crippen LogP contribution in [0.4, 0.5) is 18.9 Å². The van der Waals surface area contributed by atoms with Crippen molar-refractivity contribution in [2.75, 3.05) is 31.1 Å². The van der Waals surface area contributed by atoms with E-state index in [0.717, 1.165) is 12.8 Å². The first kappa shape index (κ1) is 20.9. The van der Waals surface area contributed by atoms with Crippen LogP contribution in [0.5, 0.6) is 0 Å². The normalized spacial score (nSPS) is 27.0. The molecule has 1 amide bonds. The predicted octanol–water partition coefficient (Wildman–Crippen LogP) is 1.59. The molecular weight excluding hydrogens is 425 g/mol. The number of anilines is 1. The molecular formula is C21H21F3N6O2. The Morgan fingerprint density at radius 1 is 1.19 bits per heavy atom. The molecule has 3 aliphatic rings. The lowest BCUT2D eigenvalue weighted by Crippen LogP contribution is -2.57. The highest BCUT2D eigenvalue weighted by Gasteiger charge is 2.56. The van der Waals surface area contributed by atoms with Crippen molar-refractivity contribution in [2.45, 2.75) is 37.3 Å². The number of nitrogens with two attached hydrogens (primary N) is 1. The fourth-order valence-corrected chi connectivity index (χ4v) is 4.71. The van der Waals surface area contributed by atoms with E-state index in [9.17, 15) is 23.2 Å². The standard InChI is InChI=1S/C21H21F3N6O2/c22-21(23,24)16-10-29(13-2-1-12(7-25)17-18(13)28-6-5-27-17)8-14(32-16)19(31)30-9-15(26)20(11-30)3-4-20/h1-2,5-6,14-16H,3-4,8-11,26H2. The van der Waals surface area contributed by atoms with Crippen LogP contribution in [-0.4, -0.2) is 71.4 Å². The second-order valence-corrected chi connectivity index (χ2v) is 8.75. The minimum atomic E-state index is -4.65. The molecule has 1 spiro atoms. The lowest BCUT2D eigenvalue weighted by Gasteiger charge is -2.40. The molecule has 1 aromatic carbocycles. The summed E-state index contributed by atoms with van der Waals surface area (Å²) in [5.74, 6) is -0.479. The van der Waals surface area contributed by atoms with Crippen LogP contribution in [0.1, 0.15) is 18.4 Å². The second kappa shape index (κ2) is 7.28. The van der Waals surface area contributed by atoms with E-state index in [1.54, 1.807) is 6.07 Å². The Balaban J connectivity index is 1.47. The fourth-order valence-electron chi connectivity index (χ4n) is 4.71. The number of likely N-dealkylation sites (tertiary alicyclic amines) is 1. The number of halogens is 3. The molecule has 5 rings (SSSR count). The minimum absolute atomic E-state index is 0.0677. The van der Waals surface area contributed by atoms with Crippen molar-refractivity contribution in [1.82, 2.24) is 14.9 Å². The smallest absolute Gasteiger partial charge is 0.364 e. The molecule has 8 nitrogen and oxygen atoms in total. The van der Waals surface area contributed by atoms with Gasteiger partial charge in [0.15, 0.2) is 12.2 Å². The highest BCUT2D eigenvalue weighted by Crippen LogP contribution is 2.52. The van der Waals surface area contributed by atoms with Crippen LogP contribution < -0.4 is 10.6 Å². The van der Waals surface area contributed by atoms with Crippen LogP contribution >= 0.6 is 0 Å². The molecule has 2 aromatic rings. The SMILES string of the molecule is N#Cc1ccc(N2CC(C(=O)N3CC(N)C4(CC4)C3)OC(C(F)(F)F)C2)c2nccnc12. The van der Waals surface area contributed by atoms with Gasteiger partial charge in [-0.1, -0.05) is 0 Å². The van der Waals surface area contributed by atoms with Gasteiger partial charge in [-0.25, -0.2) is 0 Å². The zero-order chi connectivity index (χ0) is 22.7. The van der Waals surface area contributed by atoms with Gasteiger partial charge in [-0.05, 0) is 25.0 Å². The van der Waals surface area contributed by atoms with Crippen molar-refractivity contribution in [2.24, 2.45) is 11.1 Å². The van der Waals surface area contributed by atoms with Gasteiger partial charge in [0.1, 0.15) is 17.1 Å². The largest absolute Gasteiger partial charge is 0.416 e. The number of hydrogen-bond donors (Lipinski definition) is 1. The van der Waals surface area contributed by atoms with Crippen molar-refractivity contribution in [3.05, 3.63) is 30.1 Å². The van der Waals surface area contributed by atoms with E-state index in [2.05, 4.69) is 9.97 Å². The summed E-state index contributed by atoms with van der Waals surface area (Å²) in [6.07, 6.45) is -3.39. The van der Waals surface area contributed by atoms with Crippen molar-refractivity contribution >= 4 is 22.6 Å². The molecule has 0 bridgehead atoms. The first-order valence-electron chi connectivity index (χ1n) is 10.4. The number of aromatic nitrogens is 2. The fraction of sp³-hybridized carbons (Fsp3) is 0.524. The molecule has 2 saturated heterocycles. The molecule has 11 heteroatoms. The number of ether oxygens (including phenoxy) is 1. The number of alkyl halides is 3. The predicted molar refractivity (Wildman–Crippen MR) is 107 cm³/mol. The van der Waals surface area contributed by atoms with Crippen molar-refractivity contribution in [3.63, 3.8) is 0 Å². The molecule has 168 valence electrons. The Hall–Kier alpha value is -2.97. The van der Waals surface area contributed by atoms with E-state index < -0.39 is 30.8 Å². The topological polar surface area (TPSA) is 108 Å². The molecule has 0 radical (unpaired) electrons. The van der Waals surface area contributed by atoms with E-state index in [-0.39, 0.29) is 23.6 Å². The number of amides is 1. The maximum atomic E-state index is 13.7. The molecule has 2 N–H and O–H groups in total. The van der Waals surface area contributed by atoms with Crippen molar-refractivity contribution in [3.8, 4) is 6.07 Å². The number of carbonyl (C=O) groups is 1. The third kappa shape index (κ3) is 3.43. The maximum absolute atomic E-state index is 13.7. The van der Waals surface area contributed by atoms with Crippen LogP contribution in [0.25, 0.3) is 11.0 Å². The summed E-state index contributed by atoms with van der Waals surface area (Å²) < 4.78 is 46.4. The summed E-state index contributed by atoms with van der Waals surface area (Å²) in [6, 6.07) is 4.89. The van der Waals surface area contributed by atoms with E-state index in [0.29, 0.717) is 29.8 Å². The number of morpholine rings is 1. The van der Waals surface area contributed by atoms with Crippen LogP contribution in [0, 0.1) is 16.7 Å². The van der Waals surface area contributed by atoms with Crippen molar-refractivity contribution < 1.29 is 22.7 Å². The third-order valence-corrected chi connectivity index (χ3v) is 6.72. The Labute approximate surface area is 181 Å². The lowest BCUT2D eigenvalue weighted by molar-refractivity contribution is -0.235. The molecule has 2 aliphatic heterocycles. The lowest BCUT2D eigenvalue weighted by atomic mass is 10.0. The maximum Gasteiger partial charge on any atom is 0.416 e. The van der Waals surface area contributed by atoms with Gasteiger partial charge in [0, 0.05) is 36.9 Å². The number of nitriles is 1. The number of hydrogen-bond acceptors (Lipinski definition) is 7. The molecule has 32 heavy (non-hydrogen) atoms. The third-order valence-electron chi connectivity index (χ3n) is 6.72. The van der Waals surface area contributed by atoms with Gasteiger partial charge >= 0.3 is 6.18 Å². The highest BCUT2D eigenvalue weighted by molar-refractivity contribution is 5.92. The molecule has 3 atom stereocenters. The van der Waals surface area contributed by atoms with Gasteiger partial charge in [0.2, 0.25) is 0 Å². The van der Waals surface area contributed by atoms with Crippen LogP contribution in [0.2, 0.25) is 0 Å². The molecule has 1 saturated carbocycles. The number of fused-ring (bicyclic) bond motifs is 1. The van der Waals surface area contributed by atoms with Gasteiger partial charge in [0.25, 0.3) is 5.91 Å². The summed E-state index contributed by atoms with van der Waals surface area (Å²) in [5.41, 5.74) is 7.33. The Morgan fingerprint density at radius 3 is 2.53 bits per heavy atom. The van der Waals surface area contributed by atoms with E-state index in [1.807, 2.05) is 6.07 Å². The quantitative estimate of drug-likeness (QED) is 0.746. The van der Waals surface area contributed by atoms with Crippen LogP contribution in [0.3, 0.4) is 0 Å². The first-order valence-corrected chi connectivity index (χ1v) is 10.4. The Bertz CT molecular complexity index is 1110. The zero-order valence-corrected chi connectivity index (χ0v) is 17.0. The van der Waals surface area contributed by atoms with Crippen LogP contribution in [-0.2, 0) is 9.53 Å². The average molecular weight is 446 g/mol. The second-order valence-electron chi connectivity index (χ2n) is 8.75. The molecule has 3 fully saturated rings. The molecule has 1 aromatic heterocycles. The zero-order valence-electron chi connectivity index (χ0n) is 17.0. The monoisotopic (exact) mass is 446 g/mol. The summed E-state index contributed by atoms with van der Waals surface area (Å²) >= 11 is 0. The minimum Gasteiger partial charge on any atom is -0.364 e. The number of rotatable bonds is 2. The van der Waals surface area contributed by atoms with Crippen molar-refractivity contribution in [1.29, 1.82) is 5.26 Å². The van der Waals surface area contributed by atoms with Gasteiger partial charge < -0.3 is 20.3 Å². The Morgan fingerprint density at radius 2 is 1.91 bits per heavy atom. The summed E-state index contributed by atoms with van der Waals surface area (Å²) in [6.45, 7) is 0.214. The van der Waals surface area contributed by atoms with Gasteiger partial charge in [-0.15, -0.1) is 0 Å². The van der Waals surface area contributed by atoms with Gasteiger partial charge in [-0.2, -0.15) is 18.4 Å². The van der Waals surface area contributed by atoms with Gasteiger partial charge in [0.05, 0.1) is 24.3 Å². The van der Waals surface area contributed by atoms with E-state index >= 15 is 0 Å². The van der Waals surface area contributed by atoms with Crippen LogP contribution in [0.15, 0.2) is 24.5 Å². The first-order chi connectivity index (χ1) is 15.2. The van der Waals surface area contributed by atoms with Gasteiger partial charge in [-0.3, -0.25) is 14.8 Å². The summed E-state index contributed by atoms with van der Waals surface area (Å²) in [7, 11) is 0. The highest BCUT2D eigenvalue weighted by atomic mass is 19.4. The number of nitrogens with zero attached hydrogens (tertiary/aromatic N) is 5. The summed E-state index contributed by atoms with van der Waals surface area (Å²) in [5, 5.41) is 9.33. The molecule has 3 heterocycles.